The Hall–Kier alpha value is -2.96. The zero-order valence-electron chi connectivity index (χ0n) is 15.0. The summed E-state index contributed by atoms with van der Waals surface area (Å²) >= 11 is 0. The van der Waals surface area contributed by atoms with Crippen LogP contribution in [0.1, 0.15) is 34.8 Å². The molecule has 0 spiro atoms. The lowest BCUT2D eigenvalue weighted by Gasteiger charge is -2.32. The van der Waals surface area contributed by atoms with E-state index in [-0.39, 0.29) is 5.91 Å². The van der Waals surface area contributed by atoms with E-state index < -0.39 is 0 Å². The number of hydrogen-bond donors (Lipinski definition) is 0. The fourth-order valence-electron chi connectivity index (χ4n) is 3.56. The maximum Gasteiger partial charge on any atom is 0.258 e. The van der Waals surface area contributed by atoms with Gasteiger partial charge in [-0.25, -0.2) is 14.5 Å². The summed E-state index contributed by atoms with van der Waals surface area (Å²) < 4.78 is 1.83. The molecule has 7 nitrogen and oxygen atoms in total. The van der Waals surface area contributed by atoms with Crippen LogP contribution in [0, 0.1) is 0 Å². The van der Waals surface area contributed by atoms with Crippen molar-refractivity contribution in [2.24, 2.45) is 0 Å². The van der Waals surface area contributed by atoms with Crippen molar-refractivity contribution in [3.63, 3.8) is 0 Å². The molecule has 1 fully saturated rings. The summed E-state index contributed by atoms with van der Waals surface area (Å²) in [6.45, 7) is 1.91. The molecule has 134 valence electrons. The number of aromatic nitrogens is 4. The molecule has 4 heterocycles. The second-order valence-corrected chi connectivity index (χ2v) is 6.81. The standard InChI is InChI=1S/C19H22N6O/c1-23(2)19(26)15-13-22-25-16(6-10-21-18(15)25)14-7-11-24(12-8-14)17-5-3-4-9-20-17/h3-6,9-10,13-14H,7-8,11-12H2,1-2H3. The third-order valence-corrected chi connectivity index (χ3v) is 4.95. The first-order valence-corrected chi connectivity index (χ1v) is 8.85. The summed E-state index contributed by atoms with van der Waals surface area (Å²) in [4.78, 5) is 25.0. The van der Waals surface area contributed by atoms with E-state index >= 15 is 0 Å². The highest BCUT2D eigenvalue weighted by atomic mass is 16.2. The number of rotatable bonds is 3. The van der Waals surface area contributed by atoms with Gasteiger partial charge in [0.15, 0.2) is 5.65 Å². The van der Waals surface area contributed by atoms with Crippen LogP contribution >= 0.6 is 0 Å². The molecular weight excluding hydrogens is 328 g/mol. The smallest absolute Gasteiger partial charge is 0.258 e. The van der Waals surface area contributed by atoms with Crippen molar-refractivity contribution in [3.8, 4) is 0 Å². The average Bonchev–Trinajstić information content (AvgIpc) is 3.12. The van der Waals surface area contributed by atoms with E-state index in [0.717, 1.165) is 37.4 Å². The van der Waals surface area contributed by atoms with E-state index in [0.29, 0.717) is 17.1 Å². The van der Waals surface area contributed by atoms with Gasteiger partial charge >= 0.3 is 0 Å². The van der Waals surface area contributed by atoms with Crippen LogP contribution in [-0.4, -0.2) is 57.6 Å². The average molecular weight is 350 g/mol. The van der Waals surface area contributed by atoms with Gasteiger partial charge < -0.3 is 9.80 Å². The van der Waals surface area contributed by atoms with E-state index in [1.54, 1.807) is 31.4 Å². The number of carbonyl (C=O) groups is 1. The van der Waals surface area contributed by atoms with Crippen molar-refractivity contribution >= 4 is 17.4 Å². The van der Waals surface area contributed by atoms with Crippen LogP contribution in [0.25, 0.3) is 5.65 Å². The van der Waals surface area contributed by atoms with Crippen molar-refractivity contribution in [2.75, 3.05) is 32.1 Å². The molecule has 7 heteroatoms. The Labute approximate surface area is 152 Å². The fraction of sp³-hybridized carbons (Fsp3) is 0.368. The second kappa shape index (κ2) is 6.74. The Morgan fingerprint density at radius 3 is 2.62 bits per heavy atom. The third-order valence-electron chi connectivity index (χ3n) is 4.95. The van der Waals surface area contributed by atoms with Crippen LogP contribution in [-0.2, 0) is 0 Å². The normalized spacial score (nSPS) is 15.4. The number of amides is 1. The molecule has 1 aliphatic rings. The first-order valence-electron chi connectivity index (χ1n) is 8.85. The molecule has 4 rings (SSSR count). The molecule has 3 aromatic rings. The van der Waals surface area contributed by atoms with E-state index in [1.807, 2.05) is 28.9 Å². The van der Waals surface area contributed by atoms with Gasteiger partial charge in [0.2, 0.25) is 0 Å². The molecule has 1 amide bonds. The van der Waals surface area contributed by atoms with Crippen molar-refractivity contribution in [1.82, 2.24) is 24.5 Å². The summed E-state index contributed by atoms with van der Waals surface area (Å²) in [5.41, 5.74) is 2.30. The van der Waals surface area contributed by atoms with Gasteiger partial charge in [0.05, 0.1) is 6.20 Å². The molecule has 3 aromatic heterocycles. The molecule has 0 unspecified atom stereocenters. The molecule has 1 aliphatic heterocycles. The molecule has 0 bridgehead atoms. The highest BCUT2D eigenvalue weighted by Gasteiger charge is 2.25. The Morgan fingerprint density at radius 1 is 1.12 bits per heavy atom. The van der Waals surface area contributed by atoms with Gasteiger partial charge in [-0.05, 0) is 31.0 Å². The molecule has 0 atom stereocenters. The van der Waals surface area contributed by atoms with E-state index in [2.05, 4.69) is 26.0 Å². The Morgan fingerprint density at radius 2 is 1.92 bits per heavy atom. The Bertz CT molecular complexity index is 912. The Balaban J connectivity index is 1.58. The first-order chi connectivity index (χ1) is 12.6. The molecule has 0 aliphatic carbocycles. The minimum atomic E-state index is -0.0744. The van der Waals surface area contributed by atoms with E-state index in [4.69, 9.17) is 0 Å². The van der Waals surface area contributed by atoms with Crippen LogP contribution in [0.2, 0.25) is 0 Å². The number of pyridine rings is 1. The minimum absolute atomic E-state index is 0.0744. The summed E-state index contributed by atoms with van der Waals surface area (Å²) in [6.07, 6.45) is 7.28. The van der Waals surface area contributed by atoms with Gasteiger partial charge in [0.25, 0.3) is 5.91 Å². The SMILES string of the molecule is CN(C)C(=O)c1cnn2c(C3CCN(c4ccccn4)CC3)ccnc12. The van der Waals surface area contributed by atoms with Gasteiger partial charge in [-0.2, -0.15) is 5.10 Å². The zero-order valence-corrected chi connectivity index (χ0v) is 15.0. The Kier molecular flexibility index (Phi) is 4.28. The van der Waals surface area contributed by atoms with Crippen LogP contribution < -0.4 is 4.90 Å². The number of hydrogen-bond acceptors (Lipinski definition) is 5. The summed E-state index contributed by atoms with van der Waals surface area (Å²) in [7, 11) is 3.48. The monoisotopic (exact) mass is 350 g/mol. The zero-order chi connectivity index (χ0) is 18.1. The van der Waals surface area contributed by atoms with Crippen molar-refractivity contribution < 1.29 is 4.79 Å². The van der Waals surface area contributed by atoms with Crippen LogP contribution in [0.15, 0.2) is 42.9 Å². The van der Waals surface area contributed by atoms with Crippen molar-refractivity contribution in [1.29, 1.82) is 0 Å². The predicted molar refractivity (Wildman–Crippen MR) is 99.4 cm³/mol. The van der Waals surface area contributed by atoms with Gasteiger partial charge in [0, 0.05) is 51.2 Å². The highest BCUT2D eigenvalue weighted by Crippen LogP contribution is 2.30. The fourth-order valence-corrected chi connectivity index (χ4v) is 3.56. The lowest BCUT2D eigenvalue weighted by atomic mass is 9.93. The largest absolute Gasteiger partial charge is 0.357 e. The lowest BCUT2D eigenvalue weighted by Crippen LogP contribution is -2.34. The third kappa shape index (κ3) is 2.89. The molecule has 26 heavy (non-hydrogen) atoms. The van der Waals surface area contributed by atoms with Crippen molar-refractivity contribution in [2.45, 2.75) is 18.8 Å². The maximum atomic E-state index is 12.3. The second-order valence-electron chi connectivity index (χ2n) is 6.81. The van der Waals surface area contributed by atoms with E-state index in [1.165, 1.54) is 0 Å². The number of nitrogens with zero attached hydrogens (tertiary/aromatic N) is 6. The van der Waals surface area contributed by atoms with Crippen molar-refractivity contribution in [3.05, 3.63) is 54.1 Å². The van der Waals surface area contributed by atoms with Gasteiger partial charge in [0.1, 0.15) is 11.4 Å². The lowest BCUT2D eigenvalue weighted by molar-refractivity contribution is 0.0829. The molecule has 0 N–H and O–H groups in total. The molecule has 0 aromatic carbocycles. The number of anilines is 1. The topological polar surface area (TPSA) is 66.6 Å². The number of piperidine rings is 1. The minimum Gasteiger partial charge on any atom is -0.357 e. The predicted octanol–water partition coefficient (Wildman–Crippen LogP) is 2.21. The molecular formula is C19H22N6O. The molecule has 0 radical (unpaired) electrons. The number of carbonyl (C=O) groups excluding carboxylic acids is 1. The summed E-state index contributed by atoms with van der Waals surface area (Å²) in [5, 5.41) is 4.46. The summed E-state index contributed by atoms with van der Waals surface area (Å²) in [5.74, 6) is 1.35. The van der Waals surface area contributed by atoms with Gasteiger partial charge in [-0.1, -0.05) is 6.07 Å². The molecule has 0 saturated carbocycles. The van der Waals surface area contributed by atoms with Crippen LogP contribution in [0.3, 0.4) is 0 Å². The van der Waals surface area contributed by atoms with Crippen LogP contribution in [0.4, 0.5) is 5.82 Å². The molecule has 1 saturated heterocycles. The van der Waals surface area contributed by atoms with Crippen LogP contribution in [0.5, 0.6) is 0 Å². The van der Waals surface area contributed by atoms with E-state index in [9.17, 15) is 4.79 Å². The highest BCUT2D eigenvalue weighted by molar-refractivity contribution is 5.99. The summed E-state index contributed by atoms with van der Waals surface area (Å²) in [6, 6.07) is 8.03. The number of fused-ring (bicyclic) bond motifs is 1. The first kappa shape index (κ1) is 16.5. The van der Waals surface area contributed by atoms with Gasteiger partial charge in [-0.3, -0.25) is 4.79 Å². The maximum absolute atomic E-state index is 12.3. The van der Waals surface area contributed by atoms with Gasteiger partial charge in [-0.15, -0.1) is 0 Å². The quantitative estimate of drug-likeness (QED) is 0.724.